The number of nitrogens with one attached hydrogen (secondary N) is 1. The molecule has 1 rings (SSSR count). The van der Waals surface area contributed by atoms with Gasteiger partial charge in [0.15, 0.2) is 11.5 Å². The lowest BCUT2D eigenvalue weighted by Gasteiger charge is -2.15. The number of ether oxygens (including phenoxy) is 3. The molecule has 0 aliphatic heterocycles. The van der Waals surface area contributed by atoms with Gasteiger partial charge < -0.3 is 19.5 Å². The van der Waals surface area contributed by atoms with Gasteiger partial charge in [0.2, 0.25) is 0 Å². The van der Waals surface area contributed by atoms with Crippen molar-refractivity contribution < 1.29 is 23.8 Å². The van der Waals surface area contributed by atoms with E-state index in [1.165, 1.54) is 19.2 Å². The fraction of sp³-hybridized carbons (Fsp3) is 0.556. The average Bonchev–Trinajstić information content (AvgIpc) is 2.52. The van der Waals surface area contributed by atoms with Crippen LogP contribution in [0.25, 0.3) is 0 Å². The summed E-state index contributed by atoms with van der Waals surface area (Å²) in [6, 6.07) is 3.01. The third kappa shape index (κ3) is 7.22. The van der Waals surface area contributed by atoms with Crippen LogP contribution in [0, 0.1) is 5.92 Å². The van der Waals surface area contributed by atoms with E-state index in [4.69, 9.17) is 25.8 Å². The summed E-state index contributed by atoms with van der Waals surface area (Å²) in [4.78, 5) is 23.7. The molecule has 7 heteroatoms. The van der Waals surface area contributed by atoms with Crippen molar-refractivity contribution in [3.63, 3.8) is 0 Å². The standard InChI is InChI=1S/C18H26ClNO5/c1-11(2)6-7-24-17-14(19)8-13(9-15(17)23-5)18(22)20-10-16(21)25-12(3)4/h8-9,11-12H,6-7,10H2,1-5H3,(H,20,22). The van der Waals surface area contributed by atoms with Gasteiger partial charge in [0.1, 0.15) is 6.54 Å². The first-order valence-corrected chi connectivity index (χ1v) is 8.60. The van der Waals surface area contributed by atoms with Crippen molar-refractivity contribution in [3.8, 4) is 11.5 Å². The van der Waals surface area contributed by atoms with Crippen LogP contribution in [-0.2, 0) is 9.53 Å². The van der Waals surface area contributed by atoms with Gasteiger partial charge in [-0.2, -0.15) is 0 Å². The van der Waals surface area contributed by atoms with Crippen molar-refractivity contribution in [2.24, 2.45) is 5.92 Å². The van der Waals surface area contributed by atoms with Crippen LogP contribution in [0.2, 0.25) is 5.02 Å². The average molecular weight is 372 g/mol. The molecule has 1 N–H and O–H groups in total. The van der Waals surface area contributed by atoms with Gasteiger partial charge in [0, 0.05) is 5.56 Å². The summed E-state index contributed by atoms with van der Waals surface area (Å²) in [5.74, 6) is 0.317. The highest BCUT2D eigenvalue weighted by molar-refractivity contribution is 6.32. The molecule has 0 spiro atoms. The van der Waals surface area contributed by atoms with Gasteiger partial charge >= 0.3 is 5.97 Å². The highest BCUT2D eigenvalue weighted by Gasteiger charge is 2.17. The molecule has 0 fully saturated rings. The molecule has 1 aromatic carbocycles. The Kier molecular flexibility index (Phi) is 8.55. The Labute approximate surface area is 153 Å². The number of methoxy groups -OCH3 is 1. The highest BCUT2D eigenvalue weighted by atomic mass is 35.5. The zero-order chi connectivity index (χ0) is 19.0. The fourth-order valence-corrected chi connectivity index (χ4v) is 2.21. The summed E-state index contributed by atoms with van der Waals surface area (Å²) in [6.45, 7) is 7.95. The number of benzene rings is 1. The van der Waals surface area contributed by atoms with Crippen LogP contribution in [0.15, 0.2) is 12.1 Å². The summed E-state index contributed by atoms with van der Waals surface area (Å²) in [5, 5.41) is 2.77. The van der Waals surface area contributed by atoms with E-state index < -0.39 is 11.9 Å². The fourth-order valence-electron chi connectivity index (χ4n) is 1.95. The minimum atomic E-state index is -0.505. The zero-order valence-electron chi connectivity index (χ0n) is 15.3. The van der Waals surface area contributed by atoms with E-state index >= 15 is 0 Å². The minimum absolute atomic E-state index is 0.219. The molecule has 0 atom stereocenters. The molecule has 25 heavy (non-hydrogen) atoms. The number of halogens is 1. The summed E-state index contributed by atoms with van der Waals surface area (Å²) < 4.78 is 15.9. The Morgan fingerprint density at radius 2 is 1.88 bits per heavy atom. The quantitative estimate of drug-likeness (QED) is 0.673. The Morgan fingerprint density at radius 1 is 1.20 bits per heavy atom. The number of hydrogen-bond donors (Lipinski definition) is 1. The van der Waals surface area contributed by atoms with Crippen LogP contribution < -0.4 is 14.8 Å². The van der Waals surface area contributed by atoms with Crippen molar-refractivity contribution >= 4 is 23.5 Å². The van der Waals surface area contributed by atoms with E-state index in [1.54, 1.807) is 13.8 Å². The molecule has 0 aromatic heterocycles. The normalized spacial score (nSPS) is 10.7. The van der Waals surface area contributed by atoms with Crippen molar-refractivity contribution in [2.45, 2.75) is 40.2 Å². The number of carbonyl (C=O) groups is 2. The van der Waals surface area contributed by atoms with Crippen molar-refractivity contribution in [1.29, 1.82) is 0 Å². The summed E-state index contributed by atoms with van der Waals surface area (Å²) in [5.41, 5.74) is 0.274. The van der Waals surface area contributed by atoms with Crippen molar-refractivity contribution in [1.82, 2.24) is 5.32 Å². The molecule has 0 bridgehead atoms. The molecule has 0 saturated carbocycles. The molecule has 0 aliphatic rings. The number of amides is 1. The number of esters is 1. The largest absolute Gasteiger partial charge is 0.493 e. The molecular weight excluding hydrogens is 346 g/mol. The van der Waals surface area contributed by atoms with E-state index in [-0.39, 0.29) is 23.2 Å². The van der Waals surface area contributed by atoms with E-state index in [2.05, 4.69) is 19.2 Å². The predicted octanol–water partition coefficient (Wildman–Crippen LogP) is 3.45. The van der Waals surface area contributed by atoms with Gasteiger partial charge in [-0.15, -0.1) is 0 Å². The molecule has 1 amide bonds. The Bertz CT molecular complexity index is 601. The van der Waals surface area contributed by atoms with Gasteiger partial charge in [0.05, 0.1) is 24.8 Å². The number of rotatable bonds is 9. The van der Waals surface area contributed by atoms with Crippen LogP contribution in [0.4, 0.5) is 0 Å². The van der Waals surface area contributed by atoms with Gasteiger partial charge in [-0.05, 0) is 38.3 Å². The van der Waals surface area contributed by atoms with E-state index in [1.807, 2.05) is 0 Å². The van der Waals surface area contributed by atoms with E-state index in [0.717, 1.165) is 6.42 Å². The maximum absolute atomic E-state index is 12.2. The molecule has 0 unspecified atom stereocenters. The molecule has 0 aliphatic carbocycles. The maximum atomic E-state index is 12.2. The monoisotopic (exact) mass is 371 g/mol. The van der Waals surface area contributed by atoms with Crippen LogP contribution in [0.5, 0.6) is 11.5 Å². The molecular formula is C18H26ClNO5. The van der Waals surface area contributed by atoms with Gasteiger partial charge in [-0.25, -0.2) is 0 Å². The third-order valence-electron chi connectivity index (χ3n) is 3.19. The Morgan fingerprint density at radius 3 is 2.44 bits per heavy atom. The second-order valence-electron chi connectivity index (χ2n) is 6.24. The van der Waals surface area contributed by atoms with E-state index in [0.29, 0.717) is 24.0 Å². The summed E-state index contributed by atoms with van der Waals surface area (Å²) in [7, 11) is 1.47. The molecule has 140 valence electrons. The van der Waals surface area contributed by atoms with Gasteiger partial charge in [-0.3, -0.25) is 9.59 Å². The lowest BCUT2D eigenvalue weighted by atomic mass is 10.1. The lowest BCUT2D eigenvalue weighted by molar-refractivity contribution is -0.146. The first kappa shape index (κ1) is 21.1. The lowest BCUT2D eigenvalue weighted by Crippen LogP contribution is -2.31. The van der Waals surface area contributed by atoms with Crippen molar-refractivity contribution in [3.05, 3.63) is 22.7 Å². The Balaban J connectivity index is 2.79. The van der Waals surface area contributed by atoms with Gasteiger partial charge in [-0.1, -0.05) is 25.4 Å². The second-order valence-corrected chi connectivity index (χ2v) is 6.65. The predicted molar refractivity (Wildman–Crippen MR) is 96.5 cm³/mol. The van der Waals surface area contributed by atoms with Crippen LogP contribution in [-0.4, -0.2) is 38.2 Å². The highest BCUT2D eigenvalue weighted by Crippen LogP contribution is 2.36. The summed E-state index contributed by atoms with van der Waals surface area (Å²) in [6.07, 6.45) is 0.640. The SMILES string of the molecule is COc1cc(C(=O)NCC(=O)OC(C)C)cc(Cl)c1OCCC(C)C. The smallest absolute Gasteiger partial charge is 0.325 e. The zero-order valence-corrected chi connectivity index (χ0v) is 16.1. The number of hydrogen-bond acceptors (Lipinski definition) is 5. The topological polar surface area (TPSA) is 73.9 Å². The second kappa shape index (κ2) is 10.1. The maximum Gasteiger partial charge on any atom is 0.325 e. The first-order valence-electron chi connectivity index (χ1n) is 8.22. The Hall–Kier alpha value is -1.95. The summed E-state index contributed by atoms with van der Waals surface area (Å²) >= 11 is 6.23. The number of carbonyl (C=O) groups excluding carboxylic acids is 2. The molecule has 0 saturated heterocycles. The molecule has 6 nitrogen and oxygen atoms in total. The van der Waals surface area contributed by atoms with Crippen LogP contribution >= 0.6 is 11.6 Å². The molecule has 0 heterocycles. The van der Waals surface area contributed by atoms with E-state index in [9.17, 15) is 9.59 Å². The van der Waals surface area contributed by atoms with Gasteiger partial charge in [0.25, 0.3) is 5.91 Å². The molecule has 0 radical (unpaired) electrons. The van der Waals surface area contributed by atoms with Crippen LogP contribution in [0.1, 0.15) is 44.5 Å². The third-order valence-corrected chi connectivity index (χ3v) is 3.47. The molecule has 1 aromatic rings. The van der Waals surface area contributed by atoms with Crippen molar-refractivity contribution in [2.75, 3.05) is 20.3 Å². The first-order chi connectivity index (χ1) is 11.7. The van der Waals surface area contributed by atoms with Crippen LogP contribution in [0.3, 0.4) is 0 Å². The minimum Gasteiger partial charge on any atom is -0.493 e.